The molecular formula is C25H42ClFN2O2. The Morgan fingerprint density at radius 3 is 1.97 bits per heavy atom. The number of pyridine rings is 1. The van der Waals surface area contributed by atoms with Gasteiger partial charge in [-0.2, -0.15) is 0 Å². The lowest BCUT2D eigenvalue weighted by Gasteiger charge is -2.07. The zero-order chi connectivity index (χ0) is 24.1. The molecule has 0 saturated carbocycles. The molecule has 2 heterocycles. The smallest absolute Gasteiger partial charge is 0.212 e. The lowest BCUT2D eigenvalue weighted by atomic mass is 10.1. The van der Waals surface area contributed by atoms with Gasteiger partial charge < -0.3 is 15.2 Å². The van der Waals surface area contributed by atoms with Crippen LogP contribution >= 0.6 is 11.6 Å². The Bertz CT molecular complexity index is 654. The molecule has 1 aromatic heterocycles. The van der Waals surface area contributed by atoms with Gasteiger partial charge in [0.15, 0.2) is 0 Å². The second kappa shape index (κ2) is 21.4. The number of hydrogen-bond acceptors (Lipinski definition) is 4. The molecule has 2 aromatic rings. The van der Waals surface area contributed by atoms with Gasteiger partial charge in [-0.15, -0.1) is 0 Å². The number of anilines is 1. The van der Waals surface area contributed by atoms with E-state index in [9.17, 15) is 4.39 Å². The Balaban J connectivity index is 0. The first kappa shape index (κ1) is 31.3. The molecule has 2 N–H and O–H groups in total. The van der Waals surface area contributed by atoms with E-state index in [-0.39, 0.29) is 5.69 Å². The molecule has 1 aromatic carbocycles. The molecule has 178 valence electrons. The number of nitrogen functional groups attached to an aromatic ring is 1. The van der Waals surface area contributed by atoms with E-state index in [2.05, 4.69) is 32.7 Å². The summed E-state index contributed by atoms with van der Waals surface area (Å²) in [5.41, 5.74) is 6.70. The average Bonchev–Trinajstić information content (AvgIpc) is 3.39. The van der Waals surface area contributed by atoms with E-state index in [4.69, 9.17) is 26.8 Å². The van der Waals surface area contributed by atoms with Crippen molar-refractivity contribution in [3.63, 3.8) is 0 Å². The number of hydrogen-bond donors (Lipinski definition) is 1. The largest absolute Gasteiger partial charge is 0.481 e. The molecule has 6 heteroatoms. The standard InChI is InChI=1S/C12H10ClFN2O.C4H8O.C4H10.C3H8.C2H6/c1-17-12-3-2-7(6-16-12)8-4-10(14)11(15)5-9(8)13;1-2-4-5-3-1;1-3-4-2;1-3-2;1-2/h2-6H,15H2,1H3;1-4H2;3-4H2,1-2H3;3H2,1-2H3;1-2H3. The maximum absolute atomic E-state index is 13.4. The molecule has 1 saturated heterocycles. The molecule has 0 unspecified atom stereocenters. The molecule has 1 aliphatic rings. The zero-order valence-electron chi connectivity index (χ0n) is 20.4. The van der Waals surface area contributed by atoms with Crippen molar-refractivity contribution in [1.29, 1.82) is 0 Å². The summed E-state index contributed by atoms with van der Waals surface area (Å²) in [4.78, 5) is 4.03. The van der Waals surface area contributed by atoms with Gasteiger partial charge in [0.2, 0.25) is 5.88 Å². The lowest BCUT2D eigenvalue weighted by Crippen LogP contribution is -1.93. The number of nitrogens with zero attached hydrogens (tertiary/aromatic N) is 1. The van der Waals surface area contributed by atoms with Gasteiger partial charge in [0.25, 0.3) is 0 Å². The Hall–Kier alpha value is -1.85. The number of unbranched alkanes of at least 4 members (excludes halogenated alkanes) is 1. The molecule has 3 rings (SSSR count). The van der Waals surface area contributed by atoms with Gasteiger partial charge in [-0.1, -0.05) is 72.4 Å². The number of aromatic nitrogens is 1. The number of nitrogens with two attached hydrogens (primary N) is 1. The Kier molecular flexibility index (Phi) is 21.6. The second-order valence-corrected chi connectivity index (χ2v) is 6.88. The Morgan fingerprint density at radius 2 is 1.61 bits per heavy atom. The monoisotopic (exact) mass is 456 g/mol. The van der Waals surface area contributed by atoms with Crippen LogP contribution < -0.4 is 10.5 Å². The predicted octanol–water partition coefficient (Wildman–Crippen LogP) is 8.18. The summed E-state index contributed by atoms with van der Waals surface area (Å²) in [7, 11) is 1.53. The predicted molar refractivity (Wildman–Crippen MR) is 134 cm³/mol. The summed E-state index contributed by atoms with van der Waals surface area (Å²) >= 11 is 6.00. The Labute approximate surface area is 194 Å². The lowest BCUT2D eigenvalue weighted by molar-refractivity contribution is 0.198. The molecule has 0 radical (unpaired) electrons. The van der Waals surface area contributed by atoms with Gasteiger partial charge in [-0.25, -0.2) is 9.37 Å². The van der Waals surface area contributed by atoms with Crippen LogP contribution in [0, 0.1) is 5.82 Å². The van der Waals surface area contributed by atoms with Crippen LogP contribution in [0.1, 0.15) is 73.6 Å². The molecule has 0 spiro atoms. The van der Waals surface area contributed by atoms with E-state index in [1.54, 1.807) is 18.3 Å². The molecule has 31 heavy (non-hydrogen) atoms. The van der Waals surface area contributed by atoms with Crippen molar-refractivity contribution in [3.8, 4) is 17.0 Å². The summed E-state index contributed by atoms with van der Waals surface area (Å²) in [5, 5.41) is 0.385. The van der Waals surface area contributed by atoms with Crippen molar-refractivity contribution in [2.75, 3.05) is 26.1 Å². The third-order valence-corrected chi connectivity index (χ3v) is 3.98. The highest BCUT2D eigenvalue weighted by atomic mass is 35.5. The van der Waals surface area contributed by atoms with Gasteiger partial charge in [-0.3, -0.25) is 0 Å². The normalized spacial score (nSPS) is 11.3. The average molecular weight is 457 g/mol. The third kappa shape index (κ3) is 14.7. The summed E-state index contributed by atoms with van der Waals surface area (Å²) in [5.74, 6) is -0.0130. The van der Waals surface area contributed by atoms with E-state index in [1.165, 1.54) is 51.3 Å². The second-order valence-electron chi connectivity index (χ2n) is 6.47. The zero-order valence-corrected chi connectivity index (χ0v) is 21.2. The number of benzene rings is 1. The minimum Gasteiger partial charge on any atom is -0.481 e. The van der Waals surface area contributed by atoms with Gasteiger partial charge in [0.05, 0.1) is 17.8 Å². The van der Waals surface area contributed by atoms with Gasteiger partial charge in [0.1, 0.15) is 5.82 Å². The first-order chi connectivity index (χ1) is 14.9. The number of halogens is 2. The molecule has 0 amide bonds. The fourth-order valence-corrected chi connectivity index (χ4v) is 2.24. The fourth-order valence-electron chi connectivity index (χ4n) is 1.95. The maximum Gasteiger partial charge on any atom is 0.212 e. The first-order valence-corrected chi connectivity index (χ1v) is 11.6. The van der Waals surface area contributed by atoms with Crippen LogP contribution in [0.4, 0.5) is 10.1 Å². The molecule has 4 nitrogen and oxygen atoms in total. The highest BCUT2D eigenvalue weighted by Crippen LogP contribution is 2.31. The maximum atomic E-state index is 13.4. The van der Waals surface area contributed by atoms with Crippen molar-refractivity contribution in [2.24, 2.45) is 0 Å². The SMILES string of the molecule is C1CCOC1.CC.CCC.CCCC.COc1ccc(-c2cc(F)c(N)cc2Cl)cn1. The topological polar surface area (TPSA) is 57.4 Å². The van der Waals surface area contributed by atoms with Crippen molar-refractivity contribution in [3.05, 3.63) is 41.3 Å². The van der Waals surface area contributed by atoms with Crippen molar-refractivity contribution >= 4 is 17.3 Å². The first-order valence-electron chi connectivity index (χ1n) is 11.3. The van der Waals surface area contributed by atoms with Crippen LogP contribution in [0.5, 0.6) is 5.88 Å². The highest BCUT2D eigenvalue weighted by molar-refractivity contribution is 6.33. The molecule has 0 bridgehead atoms. The van der Waals surface area contributed by atoms with E-state index in [1.807, 2.05) is 13.8 Å². The van der Waals surface area contributed by atoms with Crippen LogP contribution in [0.2, 0.25) is 5.02 Å². The van der Waals surface area contributed by atoms with E-state index in [0.717, 1.165) is 13.2 Å². The third-order valence-electron chi connectivity index (χ3n) is 3.67. The Morgan fingerprint density at radius 1 is 1.06 bits per heavy atom. The quantitative estimate of drug-likeness (QED) is 0.473. The number of rotatable bonds is 3. The highest BCUT2D eigenvalue weighted by Gasteiger charge is 2.09. The summed E-state index contributed by atoms with van der Waals surface area (Å²) in [6, 6.07) is 6.11. The van der Waals surface area contributed by atoms with Gasteiger partial charge in [0, 0.05) is 36.6 Å². The summed E-state index contributed by atoms with van der Waals surface area (Å²) < 4.78 is 23.2. The molecule has 1 fully saturated rings. The van der Waals surface area contributed by atoms with Crippen LogP contribution in [0.3, 0.4) is 0 Å². The minimum atomic E-state index is -0.500. The minimum absolute atomic E-state index is 0.0280. The van der Waals surface area contributed by atoms with E-state index >= 15 is 0 Å². The van der Waals surface area contributed by atoms with Crippen LogP contribution in [0.15, 0.2) is 30.5 Å². The number of methoxy groups -OCH3 is 1. The molecule has 0 atom stereocenters. The van der Waals surface area contributed by atoms with Gasteiger partial charge in [-0.05, 0) is 31.0 Å². The van der Waals surface area contributed by atoms with Crippen molar-refractivity contribution in [1.82, 2.24) is 4.98 Å². The van der Waals surface area contributed by atoms with E-state index in [0.29, 0.717) is 22.0 Å². The molecular weight excluding hydrogens is 415 g/mol. The summed E-state index contributed by atoms with van der Waals surface area (Å²) in [6.45, 7) is 14.6. The van der Waals surface area contributed by atoms with Crippen molar-refractivity contribution in [2.45, 2.75) is 73.6 Å². The van der Waals surface area contributed by atoms with Crippen LogP contribution in [-0.4, -0.2) is 25.3 Å². The van der Waals surface area contributed by atoms with Crippen molar-refractivity contribution < 1.29 is 13.9 Å². The number of ether oxygens (including phenoxy) is 2. The van der Waals surface area contributed by atoms with E-state index < -0.39 is 5.82 Å². The fraction of sp³-hybridized carbons (Fsp3) is 0.560. The van der Waals surface area contributed by atoms with Crippen LogP contribution in [0.25, 0.3) is 11.1 Å². The van der Waals surface area contributed by atoms with Gasteiger partial charge >= 0.3 is 0 Å². The van der Waals surface area contributed by atoms with Crippen LogP contribution in [-0.2, 0) is 4.74 Å². The molecule has 0 aliphatic carbocycles. The molecule has 1 aliphatic heterocycles. The summed E-state index contributed by atoms with van der Waals surface area (Å²) in [6.07, 6.45) is 8.01.